The number of sulfone groups is 1. The van der Waals surface area contributed by atoms with Crippen molar-refractivity contribution in [3.8, 4) is 5.88 Å². The molecule has 2 heterocycles. The predicted octanol–water partition coefficient (Wildman–Crippen LogP) is 2.13. The summed E-state index contributed by atoms with van der Waals surface area (Å²) in [6.07, 6.45) is 2.34. The summed E-state index contributed by atoms with van der Waals surface area (Å²) < 4.78 is 30.0. The number of pyridine rings is 1. The number of nitrogens with zero attached hydrogens (tertiary/aromatic N) is 1. The molecule has 0 radical (unpaired) electrons. The molecular formula is C11H12ClNO3S. The molecule has 0 amide bonds. The van der Waals surface area contributed by atoms with Crippen LogP contribution in [0.25, 0.3) is 0 Å². The van der Waals surface area contributed by atoms with Gasteiger partial charge in [0.25, 0.3) is 0 Å². The number of ether oxygens (including phenoxy) is 1. The van der Waals surface area contributed by atoms with Gasteiger partial charge in [0.05, 0.1) is 5.75 Å². The number of aryl methyl sites for hydroxylation is 1. The molecule has 0 unspecified atom stereocenters. The molecule has 1 aromatic heterocycles. The molecular weight excluding hydrogens is 262 g/mol. The Morgan fingerprint density at radius 2 is 2.12 bits per heavy atom. The third-order valence-electron chi connectivity index (χ3n) is 3.37. The minimum Gasteiger partial charge on any atom is -0.470 e. The molecule has 0 bridgehead atoms. The van der Waals surface area contributed by atoms with Gasteiger partial charge in [0, 0.05) is 6.42 Å². The Balaban J connectivity index is 2.21. The van der Waals surface area contributed by atoms with Crippen LogP contribution in [0.3, 0.4) is 0 Å². The molecule has 0 atom stereocenters. The summed E-state index contributed by atoms with van der Waals surface area (Å²) in [4.78, 5) is 4.25. The molecule has 2 aliphatic rings. The molecule has 1 spiro atoms. The van der Waals surface area contributed by atoms with Crippen molar-refractivity contribution in [2.24, 2.45) is 0 Å². The van der Waals surface area contributed by atoms with Crippen molar-refractivity contribution in [2.75, 3.05) is 5.75 Å². The molecule has 0 N–H and O–H groups in total. The van der Waals surface area contributed by atoms with Gasteiger partial charge in [-0.15, -0.1) is 0 Å². The summed E-state index contributed by atoms with van der Waals surface area (Å²) in [6.45, 7) is 1.74. The molecule has 0 saturated heterocycles. The first kappa shape index (κ1) is 11.3. The maximum absolute atomic E-state index is 12.1. The van der Waals surface area contributed by atoms with E-state index in [-0.39, 0.29) is 22.1 Å². The van der Waals surface area contributed by atoms with Crippen molar-refractivity contribution in [3.63, 3.8) is 0 Å². The van der Waals surface area contributed by atoms with Crippen LogP contribution in [-0.2, 0) is 9.84 Å². The summed E-state index contributed by atoms with van der Waals surface area (Å²) in [7, 11) is -3.29. The molecule has 1 aliphatic heterocycles. The minimum atomic E-state index is -3.29. The van der Waals surface area contributed by atoms with Gasteiger partial charge in [0.2, 0.25) is 5.88 Å². The molecule has 1 saturated carbocycles. The Kier molecular flexibility index (Phi) is 2.23. The van der Waals surface area contributed by atoms with Crippen LogP contribution in [0.2, 0.25) is 5.15 Å². The largest absolute Gasteiger partial charge is 0.470 e. The molecule has 6 heteroatoms. The first-order chi connectivity index (χ1) is 7.92. The maximum Gasteiger partial charge on any atom is 0.234 e. The molecule has 1 aliphatic carbocycles. The zero-order chi connectivity index (χ0) is 12.3. The number of aromatic nitrogens is 1. The van der Waals surface area contributed by atoms with Gasteiger partial charge in [-0.1, -0.05) is 11.6 Å². The Hall–Kier alpha value is -0.810. The first-order valence-corrected chi connectivity index (χ1v) is 7.54. The smallest absolute Gasteiger partial charge is 0.234 e. The molecule has 1 aromatic rings. The fourth-order valence-electron chi connectivity index (χ4n) is 2.02. The number of hydrogen-bond acceptors (Lipinski definition) is 4. The average Bonchev–Trinajstić information content (AvgIpc) is 3.01. The van der Waals surface area contributed by atoms with Crippen LogP contribution in [0.15, 0.2) is 11.0 Å². The van der Waals surface area contributed by atoms with E-state index in [9.17, 15) is 8.42 Å². The van der Waals surface area contributed by atoms with Crippen LogP contribution in [0.4, 0.5) is 0 Å². The molecule has 4 nitrogen and oxygen atoms in total. The van der Waals surface area contributed by atoms with Gasteiger partial charge in [-0.05, 0) is 31.4 Å². The topological polar surface area (TPSA) is 56.3 Å². The number of halogens is 1. The van der Waals surface area contributed by atoms with Crippen LogP contribution in [0.1, 0.15) is 24.8 Å². The molecule has 92 valence electrons. The van der Waals surface area contributed by atoms with E-state index < -0.39 is 9.84 Å². The highest BCUT2D eigenvalue weighted by Gasteiger charge is 2.49. The van der Waals surface area contributed by atoms with E-state index in [1.54, 1.807) is 13.0 Å². The number of hydrogen-bond donors (Lipinski definition) is 0. The van der Waals surface area contributed by atoms with Gasteiger partial charge >= 0.3 is 0 Å². The summed E-state index contributed by atoms with van der Waals surface area (Å²) >= 11 is 5.92. The summed E-state index contributed by atoms with van der Waals surface area (Å²) in [6, 6.07) is 1.56. The van der Waals surface area contributed by atoms with Gasteiger partial charge in [0.15, 0.2) is 9.84 Å². The van der Waals surface area contributed by atoms with Gasteiger partial charge < -0.3 is 4.74 Å². The lowest BCUT2D eigenvalue weighted by molar-refractivity contribution is 0.165. The molecule has 17 heavy (non-hydrogen) atoms. The number of fused-ring (bicyclic) bond motifs is 1. The van der Waals surface area contributed by atoms with Crippen molar-refractivity contribution in [1.29, 1.82) is 0 Å². The Morgan fingerprint density at radius 3 is 2.76 bits per heavy atom. The highest BCUT2D eigenvalue weighted by Crippen LogP contribution is 2.47. The Bertz CT molecular complexity index is 593. The zero-order valence-electron chi connectivity index (χ0n) is 9.36. The summed E-state index contributed by atoms with van der Waals surface area (Å²) in [5, 5.41) is 0.302. The molecule has 1 fully saturated rings. The minimum absolute atomic E-state index is 0.128. The van der Waals surface area contributed by atoms with Gasteiger partial charge in [-0.25, -0.2) is 13.4 Å². The Morgan fingerprint density at radius 1 is 1.41 bits per heavy atom. The monoisotopic (exact) mass is 273 g/mol. The lowest BCUT2D eigenvalue weighted by atomic mass is 10.2. The molecule has 3 rings (SSSR count). The average molecular weight is 274 g/mol. The van der Waals surface area contributed by atoms with Gasteiger partial charge in [0.1, 0.15) is 15.6 Å². The second kappa shape index (κ2) is 3.36. The third-order valence-corrected chi connectivity index (χ3v) is 5.45. The van der Waals surface area contributed by atoms with Crippen LogP contribution in [0, 0.1) is 6.92 Å². The van der Waals surface area contributed by atoms with Crippen LogP contribution >= 0.6 is 11.6 Å². The second-order valence-electron chi connectivity index (χ2n) is 4.75. The quantitative estimate of drug-likeness (QED) is 0.680. The van der Waals surface area contributed by atoms with E-state index in [1.165, 1.54) is 0 Å². The third kappa shape index (κ3) is 1.81. The first-order valence-electron chi connectivity index (χ1n) is 5.51. The summed E-state index contributed by atoms with van der Waals surface area (Å²) in [5.41, 5.74) is 0.355. The van der Waals surface area contributed by atoms with Crippen LogP contribution in [0.5, 0.6) is 5.88 Å². The van der Waals surface area contributed by atoms with E-state index in [0.29, 0.717) is 17.1 Å². The van der Waals surface area contributed by atoms with Crippen molar-refractivity contribution in [2.45, 2.75) is 36.7 Å². The summed E-state index contributed by atoms with van der Waals surface area (Å²) in [5.74, 6) is 0.304. The lowest BCUT2D eigenvalue weighted by Gasteiger charge is -2.14. The zero-order valence-corrected chi connectivity index (χ0v) is 10.9. The number of rotatable bonds is 0. The van der Waals surface area contributed by atoms with Crippen molar-refractivity contribution in [3.05, 3.63) is 16.8 Å². The van der Waals surface area contributed by atoms with Crippen molar-refractivity contribution in [1.82, 2.24) is 4.98 Å². The fourth-order valence-corrected chi connectivity index (χ4v) is 3.73. The predicted molar refractivity (Wildman–Crippen MR) is 63.2 cm³/mol. The normalized spacial score (nSPS) is 23.6. The van der Waals surface area contributed by atoms with E-state index in [0.717, 1.165) is 12.8 Å². The second-order valence-corrected chi connectivity index (χ2v) is 7.19. The standard InChI is InChI=1S/C11H12ClNO3S/c1-7-6-8-10(13-9(7)12)16-11(2-3-11)4-5-17(8,14)15/h6H,2-5H2,1H3. The Labute approximate surface area is 105 Å². The van der Waals surface area contributed by atoms with Crippen molar-refractivity contribution >= 4 is 21.4 Å². The maximum atomic E-state index is 12.1. The van der Waals surface area contributed by atoms with E-state index in [2.05, 4.69) is 4.98 Å². The van der Waals surface area contributed by atoms with Gasteiger partial charge in [-0.2, -0.15) is 0 Å². The van der Waals surface area contributed by atoms with E-state index in [4.69, 9.17) is 16.3 Å². The van der Waals surface area contributed by atoms with E-state index in [1.807, 2.05) is 0 Å². The fraction of sp³-hybridized carbons (Fsp3) is 0.545. The van der Waals surface area contributed by atoms with Crippen molar-refractivity contribution < 1.29 is 13.2 Å². The SMILES string of the molecule is Cc1cc2c(nc1Cl)OC1(CC1)CCS2(=O)=O. The lowest BCUT2D eigenvalue weighted by Crippen LogP contribution is -2.18. The highest BCUT2D eigenvalue weighted by molar-refractivity contribution is 7.91. The van der Waals surface area contributed by atoms with Crippen LogP contribution in [-0.4, -0.2) is 24.8 Å². The molecule has 0 aromatic carbocycles. The van der Waals surface area contributed by atoms with Gasteiger partial charge in [-0.3, -0.25) is 0 Å². The highest BCUT2D eigenvalue weighted by atomic mass is 35.5. The van der Waals surface area contributed by atoms with Crippen LogP contribution < -0.4 is 4.74 Å². The van der Waals surface area contributed by atoms with E-state index >= 15 is 0 Å².